The van der Waals surface area contributed by atoms with Crippen LogP contribution in [0.5, 0.6) is 0 Å². The molecule has 3 nitrogen and oxygen atoms in total. The maximum absolute atomic E-state index is 13.9. The van der Waals surface area contributed by atoms with Gasteiger partial charge in [-0.15, -0.1) is 0 Å². The standard InChI is InChI=1S/C11H6Cl3F2NO2/c1-2-19-11(18)4(3-17)5-6(12)7(13)10(16)8(14)9(5)15/h4H,2H2,1H3. The number of esters is 1. The van der Waals surface area contributed by atoms with Crippen LogP contribution in [0, 0.1) is 23.0 Å². The molecule has 0 radical (unpaired) electrons. The summed E-state index contributed by atoms with van der Waals surface area (Å²) in [7, 11) is 0. The number of nitrogens with zero attached hydrogens (tertiary/aromatic N) is 1. The van der Waals surface area contributed by atoms with Crippen molar-refractivity contribution in [1.29, 1.82) is 5.26 Å². The first-order valence-corrected chi connectivity index (χ1v) is 6.07. The van der Waals surface area contributed by atoms with Crippen LogP contribution in [0.3, 0.4) is 0 Å². The van der Waals surface area contributed by atoms with Crippen LogP contribution in [0.2, 0.25) is 15.1 Å². The molecule has 0 bridgehead atoms. The Labute approximate surface area is 122 Å². The van der Waals surface area contributed by atoms with Gasteiger partial charge in [0, 0.05) is 5.56 Å². The molecule has 0 aliphatic carbocycles. The van der Waals surface area contributed by atoms with Gasteiger partial charge in [0.15, 0.2) is 17.6 Å². The first-order valence-electron chi connectivity index (χ1n) is 4.94. The van der Waals surface area contributed by atoms with Gasteiger partial charge in [0.05, 0.1) is 22.7 Å². The summed E-state index contributed by atoms with van der Waals surface area (Å²) in [4.78, 5) is 11.5. The number of benzene rings is 1. The largest absolute Gasteiger partial charge is 0.465 e. The van der Waals surface area contributed by atoms with Gasteiger partial charge in [-0.05, 0) is 6.92 Å². The van der Waals surface area contributed by atoms with Crippen LogP contribution in [0.4, 0.5) is 8.78 Å². The zero-order valence-corrected chi connectivity index (χ0v) is 11.7. The van der Waals surface area contributed by atoms with E-state index >= 15 is 0 Å². The van der Waals surface area contributed by atoms with Crippen molar-refractivity contribution in [3.05, 3.63) is 32.3 Å². The molecular weight excluding hydrogens is 322 g/mol. The number of hydrogen-bond acceptors (Lipinski definition) is 3. The Morgan fingerprint density at radius 2 is 1.84 bits per heavy atom. The molecule has 0 aliphatic rings. The van der Waals surface area contributed by atoms with Crippen molar-refractivity contribution in [3.63, 3.8) is 0 Å². The van der Waals surface area contributed by atoms with Gasteiger partial charge in [0.2, 0.25) is 0 Å². The Morgan fingerprint density at radius 1 is 1.26 bits per heavy atom. The SMILES string of the molecule is CCOC(=O)C(C#N)c1c(F)c(Cl)c(F)c(Cl)c1Cl. The summed E-state index contributed by atoms with van der Waals surface area (Å²) < 4.78 is 31.8. The van der Waals surface area contributed by atoms with Gasteiger partial charge in [-0.3, -0.25) is 4.79 Å². The quantitative estimate of drug-likeness (QED) is 0.477. The van der Waals surface area contributed by atoms with E-state index in [2.05, 4.69) is 4.74 Å². The number of carbonyl (C=O) groups is 1. The number of hydrogen-bond donors (Lipinski definition) is 0. The molecule has 0 saturated carbocycles. The highest BCUT2D eigenvalue weighted by molar-refractivity contribution is 6.44. The lowest BCUT2D eigenvalue weighted by atomic mass is 10.00. The number of rotatable bonds is 3. The molecule has 0 spiro atoms. The second kappa shape index (κ2) is 6.38. The van der Waals surface area contributed by atoms with Crippen molar-refractivity contribution in [2.75, 3.05) is 6.61 Å². The van der Waals surface area contributed by atoms with E-state index in [1.807, 2.05) is 0 Å². The molecule has 1 atom stereocenters. The van der Waals surface area contributed by atoms with Crippen LogP contribution >= 0.6 is 34.8 Å². The van der Waals surface area contributed by atoms with E-state index in [0.29, 0.717) is 0 Å². The molecule has 0 aliphatic heterocycles. The molecule has 0 N–H and O–H groups in total. The summed E-state index contributed by atoms with van der Waals surface area (Å²) in [5.74, 6) is -5.27. The van der Waals surface area contributed by atoms with Gasteiger partial charge in [0.25, 0.3) is 0 Å². The molecule has 8 heteroatoms. The third-order valence-corrected chi connectivity index (χ3v) is 3.36. The van der Waals surface area contributed by atoms with Crippen molar-refractivity contribution < 1.29 is 18.3 Å². The molecule has 19 heavy (non-hydrogen) atoms. The van der Waals surface area contributed by atoms with Crippen molar-refractivity contribution in [2.45, 2.75) is 12.8 Å². The summed E-state index contributed by atoms with van der Waals surface area (Å²) in [5.41, 5.74) is -0.598. The highest BCUT2D eigenvalue weighted by atomic mass is 35.5. The molecule has 1 aromatic carbocycles. The minimum absolute atomic E-state index is 0.0150. The first-order chi connectivity index (χ1) is 8.86. The smallest absolute Gasteiger partial charge is 0.328 e. The second-order valence-electron chi connectivity index (χ2n) is 3.30. The zero-order valence-electron chi connectivity index (χ0n) is 9.44. The average Bonchev–Trinajstić information content (AvgIpc) is 2.39. The summed E-state index contributed by atoms with van der Waals surface area (Å²) in [5, 5.41) is 6.74. The Balaban J connectivity index is 3.50. The van der Waals surface area contributed by atoms with Gasteiger partial charge in [0.1, 0.15) is 5.02 Å². The van der Waals surface area contributed by atoms with Crippen molar-refractivity contribution in [1.82, 2.24) is 0 Å². The summed E-state index contributed by atoms with van der Waals surface area (Å²) >= 11 is 16.6. The van der Waals surface area contributed by atoms with Gasteiger partial charge in [-0.25, -0.2) is 8.78 Å². The molecule has 102 valence electrons. The molecule has 1 aromatic rings. The van der Waals surface area contributed by atoms with Crippen molar-refractivity contribution in [3.8, 4) is 6.07 Å². The second-order valence-corrected chi connectivity index (χ2v) is 4.43. The lowest BCUT2D eigenvalue weighted by Crippen LogP contribution is -2.17. The highest BCUT2D eigenvalue weighted by Gasteiger charge is 2.32. The zero-order chi connectivity index (χ0) is 14.7. The predicted octanol–water partition coefficient (Wildman–Crippen LogP) is 4.10. The monoisotopic (exact) mass is 327 g/mol. The van der Waals surface area contributed by atoms with Crippen molar-refractivity contribution >= 4 is 40.8 Å². The van der Waals surface area contributed by atoms with E-state index in [-0.39, 0.29) is 6.61 Å². The predicted molar refractivity (Wildman–Crippen MR) is 66.4 cm³/mol. The number of nitriles is 1. The van der Waals surface area contributed by atoms with Crippen LogP contribution in [0.15, 0.2) is 0 Å². The van der Waals surface area contributed by atoms with E-state index in [1.165, 1.54) is 13.0 Å². The van der Waals surface area contributed by atoms with Crippen LogP contribution in [-0.2, 0) is 9.53 Å². The summed E-state index contributed by atoms with van der Waals surface area (Å²) in [6.45, 7) is 1.49. The minimum atomic E-state index is -1.68. The maximum atomic E-state index is 13.9. The maximum Gasteiger partial charge on any atom is 0.328 e. The topological polar surface area (TPSA) is 50.1 Å². The van der Waals surface area contributed by atoms with E-state index in [9.17, 15) is 13.6 Å². The molecule has 0 fully saturated rings. The third-order valence-electron chi connectivity index (χ3n) is 2.18. The van der Waals surface area contributed by atoms with Crippen LogP contribution in [-0.4, -0.2) is 12.6 Å². The fourth-order valence-electron chi connectivity index (χ4n) is 1.34. The first kappa shape index (κ1) is 16.0. The fourth-order valence-corrected chi connectivity index (χ4v) is 2.05. The lowest BCUT2D eigenvalue weighted by molar-refractivity contribution is -0.143. The van der Waals surface area contributed by atoms with Crippen LogP contribution in [0.25, 0.3) is 0 Å². The molecular formula is C11H6Cl3F2NO2. The third kappa shape index (κ3) is 2.92. The van der Waals surface area contributed by atoms with E-state index < -0.39 is 44.2 Å². The number of ether oxygens (including phenoxy) is 1. The Hall–Kier alpha value is -1.09. The Morgan fingerprint density at radius 3 is 2.32 bits per heavy atom. The summed E-state index contributed by atoms with van der Waals surface area (Å²) in [6.07, 6.45) is 0. The molecule has 0 amide bonds. The number of carbonyl (C=O) groups excluding carboxylic acids is 1. The van der Waals surface area contributed by atoms with Crippen LogP contribution < -0.4 is 0 Å². The van der Waals surface area contributed by atoms with E-state index in [1.54, 1.807) is 0 Å². The van der Waals surface area contributed by atoms with Gasteiger partial charge in [-0.1, -0.05) is 34.8 Å². The van der Waals surface area contributed by atoms with E-state index in [0.717, 1.165) is 0 Å². The molecule has 0 heterocycles. The molecule has 0 saturated heterocycles. The fraction of sp³-hybridized carbons (Fsp3) is 0.273. The highest BCUT2D eigenvalue weighted by Crippen LogP contribution is 2.40. The number of halogens is 5. The van der Waals surface area contributed by atoms with Gasteiger partial charge < -0.3 is 4.74 Å². The Kier molecular flexibility index (Phi) is 5.36. The van der Waals surface area contributed by atoms with E-state index in [4.69, 9.17) is 40.1 Å². The molecule has 1 unspecified atom stereocenters. The average molecular weight is 329 g/mol. The van der Waals surface area contributed by atoms with Crippen molar-refractivity contribution in [2.24, 2.45) is 0 Å². The molecule has 0 aromatic heterocycles. The molecule has 1 rings (SSSR count). The van der Waals surface area contributed by atoms with Gasteiger partial charge in [-0.2, -0.15) is 5.26 Å². The lowest BCUT2D eigenvalue weighted by Gasteiger charge is -2.14. The normalized spacial score (nSPS) is 11.8. The minimum Gasteiger partial charge on any atom is -0.465 e. The summed E-state index contributed by atoms with van der Waals surface area (Å²) in [6, 6.07) is 1.52. The van der Waals surface area contributed by atoms with Crippen LogP contribution in [0.1, 0.15) is 18.4 Å². The Bertz CT molecular complexity index is 543. The van der Waals surface area contributed by atoms with Gasteiger partial charge >= 0.3 is 5.97 Å².